The number of amides is 2. The lowest BCUT2D eigenvalue weighted by Gasteiger charge is -2.33. The van der Waals surface area contributed by atoms with Crippen molar-refractivity contribution >= 4 is 17.5 Å². The van der Waals surface area contributed by atoms with Crippen molar-refractivity contribution in [1.82, 2.24) is 4.90 Å². The molecule has 88 valence electrons. The Balaban J connectivity index is 2.16. The summed E-state index contributed by atoms with van der Waals surface area (Å²) in [6.07, 6.45) is 0. The molecule has 0 aromatic heterocycles. The van der Waals surface area contributed by atoms with Crippen molar-refractivity contribution in [3.63, 3.8) is 0 Å². The van der Waals surface area contributed by atoms with Crippen LogP contribution in [0.15, 0.2) is 24.3 Å². The van der Waals surface area contributed by atoms with E-state index in [2.05, 4.69) is 4.90 Å². The Kier molecular flexibility index (Phi) is 2.02. The molecule has 2 unspecified atom stereocenters. The molecule has 4 nitrogen and oxygen atoms in total. The number of benzene rings is 1. The summed E-state index contributed by atoms with van der Waals surface area (Å²) in [7, 11) is 3.54. The van der Waals surface area contributed by atoms with Gasteiger partial charge in [-0.25, -0.2) is 0 Å². The van der Waals surface area contributed by atoms with Crippen LogP contribution in [-0.2, 0) is 9.59 Å². The second-order valence-electron chi connectivity index (χ2n) is 4.76. The number of para-hydroxylation sites is 1. The molecule has 0 spiro atoms. The van der Waals surface area contributed by atoms with E-state index < -0.39 is 0 Å². The standard InChI is InChI=1S/C13H14N2O2/c1-14-7-9-11(13(17)15(2)12(9)16)8-5-3-4-6-10(8)14/h3-6,9,11H,7H2,1-2H3. The van der Waals surface area contributed by atoms with Crippen LogP contribution in [0.2, 0.25) is 0 Å². The number of fused-ring (bicyclic) bond motifs is 3. The Morgan fingerprint density at radius 3 is 2.59 bits per heavy atom. The van der Waals surface area contributed by atoms with Gasteiger partial charge in [-0.15, -0.1) is 0 Å². The number of imide groups is 1. The smallest absolute Gasteiger partial charge is 0.237 e. The number of nitrogens with zero attached hydrogens (tertiary/aromatic N) is 2. The highest BCUT2D eigenvalue weighted by molar-refractivity contribution is 6.08. The van der Waals surface area contributed by atoms with E-state index in [1.165, 1.54) is 4.90 Å². The summed E-state index contributed by atoms with van der Waals surface area (Å²) in [6.45, 7) is 0.622. The summed E-state index contributed by atoms with van der Waals surface area (Å²) >= 11 is 0. The van der Waals surface area contributed by atoms with Crippen LogP contribution in [0.3, 0.4) is 0 Å². The topological polar surface area (TPSA) is 40.6 Å². The molecule has 0 radical (unpaired) electrons. The molecule has 1 aromatic rings. The van der Waals surface area contributed by atoms with Gasteiger partial charge >= 0.3 is 0 Å². The van der Waals surface area contributed by atoms with E-state index in [9.17, 15) is 9.59 Å². The van der Waals surface area contributed by atoms with Crippen LogP contribution in [0.25, 0.3) is 0 Å². The van der Waals surface area contributed by atoms with Crippen LogP contribution >= 0.6 is 0 Å². The number of hydrogen-bond acceptors (Lipinski definition) is 3. The van der Waals surface area contributed by atoms with E-state index in [4.69, 9.17) is 0 Å². The van der Waals surface area contributed by atoms with Crippen molar-refractivity contribution in [2.75, 3.05) is 25.5 Å². The van der Waals surface area contributed by atoms with Crippen LogP contribution in [-0.4, -0.2) is 37.4 Å². The van der Waals surface area contributed by atoms with Crippen LogP contribution < -0.4 is 4.90 Å². The zero-order valence-corrected chi connectivity index (χ0v) is 9.88. The van der Waals surface area contributed by atoms with Crippen molar-refractivity contribution in [1.29, 1.82) is 0 Å². The molecular weight excluding hydrogens is 216 g/mol. The molecule has 17 heavy (non-hydrogen) atoms. The predicted octanol–water partition coefficient (Wildman–Crippen LogP) is 0.835. The molecule has 0 N–H and O–H groups in total. The molecular formula is C13H14N2O2. The molecule has 1 saturated heterocycles. The SMILES string of the molecule is CN1C(=O)C2CN(C)c3ccccc3C2C1=O. The monoisotopic (exact) mass is 230 g/mol. The van der Waals surface area contributed by atoms with Crippen molar-refractivity contribution in [3.05, 3.63) is 29.8 Å². The largest absolute Gasteiger partial charge is 0.374 e. The van der Waals surface area contributed by atoms with Crippen molar-refractivity contribution in [3.8, 4) is 0 Å². The molecule has 1 aromatic carbocycles. The molecule has 0 saturated carbocycles. The minimum absolute atomic E-state index is 0.0543. The third kappa shape index (κ3) is 1.24. The first-order valence-electron chi connectivity index (χ1n) is 5.72. The van der Waals surface area contributed by atoms with Gasteiger partial charge in [-0.3, -0.25) is 14.5 Å². The maximum Gasteiger partial charge on any atom is 0.237 e. The van der Waals surface area contributed by atoms with Gasteiger partial charge in [0.1, 0.15) is 0 Å². The normalized spacial score (nSPS) is 27.2. The van der Waals surface area contributed by atoms with Crippen molar-refractivity contribution in [2.45, 2.75) is 5.92 Å². The summed E-state index contributed by atoms with van der Waals surface area (Å²) in [5, 5.41) is 0. The molecule has 2 amide bonds. The molecule has 0 bridgehead atoms. The number of carbonyl (C=O) groups excluding carboxylic acids is 2. The zero-order valence-electron chi connectivity index (χ0n) is 9.88. The number of hydrogen-bond donors (Lipinski definition) is 0. The minimum Gasteiger partial charge on any atom is -0.374 e. The summed E-state index contributed by atoms with van der Waals surface area (Å²) in [6, 6.07) is 7.83. The summed E-state index contributed by atoms with van der Waals surface area (Å²) in [4.78, 5) is 27.4. The van der Waals surface area contributed by atoms with Crippen molar-refractivity contribution in [2.24, 2.45) is 5.92 Å². The lowest BCUT2D eigenvalue weighted by molar-refractivity contribution is -0.137. The summed E-state index contributed by atoms with van der Waals surface area (Å²) in [5.74, 6) is -0.616. The number of rotatable bonds is 0. The van der Waals surface area contributed by atoms with Gasteiger partial charge in [0.15, 0.2) is 0 Å². The molecule has 0 aliphatic carbocycles. The Morgan fingerprint density at radius 2 is 1.82 bits per heavy atom. The van der Waals surface area contributed by atoms with E-state index in [1.807, 2.05) is 31.3 Å². The molecule has 3 rings (SSSR count). The lowest BCUT2D eigenvalue weighted by atomic mass is 9.83. The van der Waals surface area contributed by atoms with Crippen LogP contribution in [0.5, 0.6) is 0 Å². The Hall–Kier alpha value is -1.84. The molecule has 2 atom stereocenters. The maximum absolute atomic E-state index is 12.1. The van der Waals surface area contributed by atoms with Gasteiger partial charge in [0.2, 0.25) is 11.8 Å². The summed E-state index contributed by atoms with van der Waals surface area (Å²) < 4.78 is 0. The minimum atomic E-state index is -0.278. The fourth-order valence-electron chi connectivity index (χ4n) is 2.91. The first kappa shape index (κ1) is 10.3. The fourth-order valence-corrected chi connectivity index (χ4v) is 2.91. The molecule has 2 aliphatic rings. The van der Waals surface area contributed by atoms with E-state index in [0.29, 0.717) is 6.54 Å². The number of likely N-dealkylation sites (tertiary alicyclic amines) is 1. The van der Waals surface area contributed by atoms with Gasteiger partial charge in [-0.05, 0) is 11.6 Å². The van der Waals surface area contributed by atoms with Gasteiger partial charge in [0, 0.05) is 26.3 Å². The van der Waals surface area contributed by atoms with Crippen LogP contribution in [0, 0.1) is 5.92 Å². The highest BCUT2D eigenvalue weighted by Gasteiger charge is 2.49. The first-order valence-corrected chi connectivity index (χ1v) is 5.72. The Labute approximate surface area is 99.8 Å². The van der Waals surface area contributed by atoms with Crippen LogP contribution in [0.1, 0.15) is 11.5 Å². The first-order chi connectivity index (χ1) is 8.11. The number of anilines is 1. The summed E-state index contributed by atoms with van der Waals surface area (Å²) in [5.41, 5.74) is 2.04. The quantitative estimate of drug-likeness (QED) is 0.620. The van der Waals surface area contributed by atoms with Gasteiger partial charge < -0.3 is 4.90 Å². The third-order valence-electron chi connectivity index (χ3n) is 3.80. The Morgan fingerprint density at radius 1 is 1.12 bits per heavy atom. The second kappa shape index (κ2) is 3.32. The average Bonchev–Trinajstić information content (AvgIpc) is 2.55. The van der Waals surface area contributed by atoms with Gasteiger partial charge in [-0.1, -0.05) is 18.2 Å². The maximum atomic E-state index is 12.1. The van der Waals surface area contributed by atoms with Gasteiger partial charge in [-0.2, -0.15) is 0 Å². The van der Waals surface area contributed by atoms with Crippen LogP contribution in [0.4, 0.5) is 5.69 Å². The van der Waals surface area contributed by atoms with E-state index >= 15 is 0 Å². The fraction of sp³-hybridized carbons (Fsp3) is 0.385. The van der Waals surface area contributed by atoms with E-state index in [-0.39, 0.29) is 23.7 Å². The average molecular weight is 230 g/mol. The van der Waals surface area contributed by atoms with E-state index in [1.54, 1.807) is 7.05 Å². The van der Waals surface area contributed by atoms with Gasteiger partial charge in [0.25, 0.3) is 0 Å². The predicted molar refractivity (Wildman–Crippen MR) is 63.7 cm³/mol. The van der Waals surface area contributed by atoms with Crippen molar-refractivity contribution < 1.29 is 9.59 Å². The zero-order chi connectivity index (χ0) is 12.2. The Bertz CT molecular complexity index is 512. The highest BCUT2D eigenvalue weighted by atomic mass is 16.2. The number of carbonyl (C=O) groups is 2. The molecule has 1 fully saturated rings. The third-order valence-corrected chi connectivity index (χ3v) is 3.80. The van der Waals surface area contributed by atoms with E-state index in [0.717, 1.165) is 11.3 Å². The molecule has 2 aliphatic heterocycles. The number of likely N-dealkylation sites (N-methyl/N-ethyl adjacent to an activating group) is 1. The molecule has 4 heteroatoms. The second-order valence-corrected chi connectivity index (χ2v) is 4.76. The lowest BCUT2D eigenvalue weighted by Crippen LogP contribution is -2.37. The highest BCUT2D eigenvalue weighted by Crippen LogP contribution is 2.42. The molecule has 2 heterocycles. The van der Waals surface area contributed by atoms with Gasteiger partial charge in [0.05, 0.1) is 11.8 Å².